The Bertz CT molecular complexity index is 860. The Morgan fingerprint density at radius 2 is 2.04 bits per heavy atom. The number of aromatic nitrogens is 2. The molecule has 2 heterocycles. The topological polar surface area (TPSA) is 55.0 Å². The molecule has 1 saturated carbocycles. The van der Waals surface area contributed by atoms with Gasteiger partial charge in [0.05, 0.1) is 11.4 Å². The predicted molar refractivity (Wildman–Crippen MR) is 119 cm³/mol. The SMILES string of the molecule is Cc1nc(C(CCN)CC2CC2)c2c(n1)N(c1ccc(C(C)C)cc1Br)CC2. The second-order valence-electron chi connectivity index (χ2n) is 8.68. The van der Waals surface area contributed by atoms with Gasteiger partial charge in [0.2, 0.25) is 0 Å². The largest absolute Gasteiger partial charge is 0.330 e. The first-order valence-corrected chi connectivity index (χ1v) is 11.4. The van der Waals surface area contributed by atoms with Crippen LogP contribution in [0.1, 0.15) is 74.0 Å². The average Bonchev–Trinajstić information content (AvgIpc) is 3.38. The zero-order valence-electron chi connectivity index (χ0n) is 17.2. The zero-order valence-corrected chi connectivity index (χ0v) is 18.8. The molecule has 1 atom stereocenters. The van der Waals surface area contributed by atoms with Crippen LogP contribution in [0, 0.1) is 12.8 Å². The van der Waals surface area contributed by atoms with Crippen molar-refractivity contribution < 1.29 is 0 Å². The van der Waals surface area contributed by atoms with E-state index in [1.54, 1.807) is 0 Å². The van der Waals surface area contributed by atoms with Crippen LogP contribution in [-0.4, -0.2) is 23.1 Å². The highest BCUT2D eigenvalue weighted by atomic mass is 79.9. The van der Waals surface area contributed by atoms with E-state index in [4.69, 9.17) is 15.7 Å². The third kappa shape index (κ3) is 3.97. The molecule has 5 heteroatoms. The highest BCUT2D eigenvalue weighted by Gasteiger charge is 2.33. The molecule has 2 aliphatic rings. The van der Waals surface area contributed by atoms with Crippen LogP contribution < -0.4 is 10.6 Å². The lowest BCUT2D eigenvalue weighted by Crippen LogP contribution is -2.16. The summed E-state index contributed by atoms with van der Waals surface area (Å²) in [5, 5.41) is 0. The second kappa shape index (κ2) is 8.11. The van der Waals surface area contributed by atoms with Gasteiger partial charge in [-0.25, -0.2) is 9.97 Å². The molecule has 1 aromatic heterocycles. The molecule has 28 heavy (non-hydrogen) atoms. The van der Waals surface area contributed by atoms with Crippen molar-refractivity contribution in [1.82, 2.24) is 9.97 Å². The van der Waals surface area contributed by atoms with Crippen molar-refractivity contribution in [2.24, 2.45) is 11.7 Å². The highest BCUT2D eigenvalue weighted by Crippen LogP contribution is 2.44. The molecule has 150 valence electrons. The maximum Gasteiger partial charge on any atom is 0.140 e. The Morgan fingerprint density at radius 3 is 2.68 bits per heavy atom. The van der Waals surface area contributed by atoms with Crippen LogP contribution in [0.15, 0.2) is 22.7 Å². The van der Waals surface area contributed by atoms with Crippen LogP contribution in [0.5, 0.6) is 0 Å². The molecule has 1 aromatic carbocycles. The molecule has 0 bridgehead atoms. The van der Waals surface area contributed by atoms with Crippen LogP contribution in [0.2, 0.25) is 0 Å². The van der Waals surface area contributed by atoms with E-state index in [9.17, 15) is 0 Å². The minimum atomic E-state index is 0.472. The Balaban J connectivity index is 1.71. The summed E-state index contributed by atoms with van der Waals surface area (Å²) in [6.45, 7) is 8.16. The molecule has 0 radical (unpaired) electrons. The molecule has 1 fully saturated rings. The third-order valence-corrected chi connectivity index (χ3v) is 6.75. The highest BCUT2D eigenvalue weighted by molar-refractivity contribution is 9.10. The van der Waals surface area contributed by atoms with Gasteiger partial charge in [-0.3, -0.25) is 0 Å². The lowest BCUT2D eigenvalue weighted by Gasteiger charge is -2.23. The van der Waals surface area contributed by atoms with Crippen LogP contribution in [-0.2, 0) is 6.42 Å². The molecule has 2 aromatic rings. The number of hydrogen-bond acceptors (Lipinski definition) is 4. The molecular formula is C23H31BrN4. The molecule has 4 nitrogen and oxygen atoms in total. The summed E-state index contributed by atoms with van der Waals surface area (Å²) in [6.07, 6.45) is 6.00. The monoisotopic (exact) mass is 442 g/mol. The molecule has 1 aliphatic heterocycles. The van der Waals surface area contributed by atoms with E-state index in [0.717, 1.165) is 48.0 Å². The summed E-state index contributed by atoms with van der Waals surface area (Å²) < 4.78 is 1.14. The maximum absolute atomic E-state index is 5.96. The first-order valence-electron chi connectivity index (χ1n) is 10.6. The van der Waals surface area contributed by atoms with Gasteiger partial charge < -0.3 is 10.6 Å². The second-order valence-corrected chi connectivity index (χ2v) is 9.53. The van der Waals surface area contributed by atoms with E-state index in [1.807, 2.05) is 6.92 Å². The number of halogens is 1. The summed E-state index contributed by atoms with van der Waals surface area (Å²) in [6, 6.07) is 6.71. The predicted octanol–water partition coefficient (Wildman–Crippen LogP) is 5.60. The van der Waals surface area contributed by atoms with Crippen LogP contribution in [0.3, 0.4) is 0 Å². The van der Waals surface area contributed by atoms with Gasteiger partial charge in [0.1, 0.15) is 11.6 Å². The molecule has 2 N–H and O–H groups in total. The Hall–Kier alpha value is -1.46. The first kappa shape index (κ1) is 19.8. The van der Waals surface area contributed by atoms with Gasteiger partial charge >= 0.3 is 0 Å². The van der Waals surface area contributed by atoms with Gasteiger partial charge in [-0.2, -0.15) is 0 Å². The minimum Gasteiger partial charge on any atom is -0.330 e. The fourth-order valence-corrected chi connectivity index (χ4v) is 5.00. The Kier molecular flexibility index (Phi) is 5.75. The average molecular weight is 443 g/mol. The van der Waals surface area contributed by atoms with E-state index in [-0.39, 0.29) is 0 Å². The number of aryl methyl sites for hydroxylation is 1. The lowest BCUT2D eigenvalue weighted by atomic mass is 9.91. The summed E-state index contributed by atoms with van der Waals surface area (Å²) in [4.78, 5) is 12.2. The van der Waals surface area contributed by atoms with Crippen molar-refractivity contribution in [2.75, 3.05) is 18.0 Å². The van der Waals surface area contributed by atoms with Crippen molar-refractivity contribution in [1.29, 1.82) is 0 Å². The zero-order chi connectivity index (χ0) is 19.8. The van der Waals surface area contributed by atoms with Crippen LogP contribution in [0.25, 0.3) is 0 Å². The lowest BCUT2D eigenvalue weighted by molar-refractivity contribution is 0.529. The maximum atomic E-state index is 5.96. The van der Waals surface area contributed by atoms with Crippen LogP contribution >= 0.6 is 15.9 Å². The summed E-state index contributed by atoms with van der Waals surface area (Å²) in [7, 11) is 0. The molecule has 1 unspecified atom stereocenters. The summed E-state index contributed by atoms with van der Waals surface area (Å²) in [5.41, 5.74) is 11.1. The normalized spacial score (nSPS) is 17.3. The molecule has 0 amide bonds. The number of rotatable bonds is 7. The fraction of sp³-hybridized carbons (Fsp3) is 0.565. The van der Waals surface area contributed by atoms with Crippen LogP contribution in [0.4, 0.5) is 11.5 Å². The quantitative estimate of drug-likeness (QED) is 0.606. The van der Waals surface area contributed by atoms with E-state index in [1.165, 1.54) is 41.8 Å². The Labute approximate surface area is 177 Å². The van der Waals surface area contributed by atoms with Gasteiger partial charge in [0.15, 0.2) is 0 Å². The van der Waals surface area contributed by atoms with Gasteiger partial charge in [-0.1, -0.05) is 32.8 Å². The van der Waals surface area contributed by atoms with E-state index >= 15 is 0 Å². The van der Waals surface area contributed by atoms with Gasteiger partial charge in [-0.15, -0.1) is 0 Å². The number of anilines is 2. The van der Waals surface area contributed by atoms with Crippen molar-refractivity contribution in [3.63, 3.8) is 0 Å². The van der Waals surface area contributed by atoms with E-state index < -0.39 is 0 Å². The smallest absolute Gasteiger partial charge is 0.140 e. The van der Waals surface area contributed by atoms with Crippen molar-refractivity contribution in [3.8, 4) is 0 Å². The Morgan fingerprint density at radius 1 is 1.25 bits per heavy atom. The molecule has 1 aliphatic carbocycles. The minimum absolute atomic E-state index is 0.472. The molecular weight excluding hydrogens is 412 g/mol. The summed E-state index contributed by atoms with van der Waals surface area (Å²) in [5.74, 6) is 3.83. The number of fused-ring (bicyclic) bond motifs is 1. The third-order valence-electron chi connectivity index (χ3n) is 6.12. The van der Waals surface area contributed by atoms with Crippen molar-refractivity contribution in [3.05, 3.63) is 45.3 Å². The van der Waals surface area contributed by atoms with Gasteiger partial charge in [0.25, 0.3) is 0 Å². The number of hydrogen-bond donors (Lipinski definition) is 1. The van der Waals surface area contributed by atoms with Gasteiger partial charge in [-0.05, 0) is 78.2 Å². The van der Waals surface area contributed by atoms with Crippen molar-refractivity contribution >= 4 is 27.4 Å². The first-order chi connectivity index (χ1) is 13.5. The van der Waals surface area contributed by atoms with E-state index in [2.05, 4.69) is 52.9 Å². The fourth-order valence-electron chi connectivity index (χ4n) is 4.39. The summed E-state index contributed by atoms with van der Waals surface area (Å²) >= 11 is 3.81. The van der Waals surface area contributed by atoms with E-state index in [0.29, 0.717) is 11.8 Å². The molecule has 0 spiro atoms. The van der Waals surface area contributed by atoms with Crippen molar-refractivity contribution in [2.45, 2.75) is 64.7 Å². The standard InChI is InChI=1S/C23H31BrN4/c1-14(2)17-6-7-21(20(24)13-17)28-11-9-19-22(26-15(3)27-23(19)28)18(8-10-25)12-16-4-5-16/h6-7,13-14,16,18H,4-5,8-12,25H2,1-3H3. The number of nitrogens with two attached hydrogens (primary N) is 1. The molecule has 0 saturated heterocycles. The molecule has 4 rings (SSSR count). The number of benzene rings is 1. The van der Waals surface area contributed by atoms with Gasteiger partial charge in [0, 0.05) is 22.5 Å². The number of nitrogens with zero attached hydrogens (tertiary/aromatic N) is 3.